The zero-order valence-corrected chi connectivity index (χ0v) is 9.63. The van der Waals surface area contributed by atoms with Gasteiger partial charge in [-0.1, -0.05) is 0 Å². The first-order valence-electron chi connectivity index (χ1n) is 3.51. The van der Waals surface area contributed by atoms with Crippen molar-refractivity contribution in [2.75, 3.05) is 0 Å². The maximum absolute atomic E-state index is 11.4. The summed E-state index contributed by atoms with van der Waals surface area (Å²) in [6.45, 7) is 1.90. The van der Waals surface area contributed by atoms with Crippen molar-refractivity contribution in [3.8, 4) is 0 Å². The molecule has 0 aliphatic rings. The topological polar surface area (TPSA) is 46.5 Å². The van der Waals surface area contributed by atoms with Crippen molar-refractivity contribution in [2.45, 2.75) is 11.8 Å². The summed E-state index contributed by atoms with van der Waals surface area (Å²) in [5.41, 5.74) is 4.46. The third-order valence-electron chi connectivity index (χ3n) is 1.47. The molecule has 0 radical (unpaired) electrons. The average molecular weight is 262 g/mol. The first-order valence-corrected chi connectivity index (χ1v) is 6.93. The van der Waals surface area contributed by atoms with Crippen LogP contribution in [-0.4, -0.2) is 28.2 Å². The van der Waals surface area contributed by atoms with Crippen LogP contribution in [0.5, 0.6) is 0 Å². The van der Waals surface area contributed by atoms with Crippen LogP contribution in [0.2, 0.25) is 0 Å². The minimum absolute atomic E-state index is 0.239. The molecule has 0 aliphatic carbocycles. The molecule has 0 bridgehead atoms. The molecule has 70 valence electrons. The van der Waals surface area contributed by atoms with E-state index in [0.717, 1.165) is 5.56 Å². The molecule has 0 unspecified atom stereocenters. The Hall–Kier alpha value is -0.641. The van der Waals surface area contributed by atoms with Crippen LogP contribution in [0.1, 0.15) is 5.56 Å². The third kappa shape index (κ3) is 2.66. The van der Waals surface area contributed by atoms with Crippen LogP contribution in [0.4, 0.5) is 0 Å². The normalized spacial score (nSPS) is 10.8. The van der Waals surface area contributed by atoms with Gasteiger partial charge in [0, 0.05) is 0 Å². The van der Waals surface area contributed by atoms with Crippen molar-refractivity contribution in [3.05, 3.63) is 29.8 Å². The van der Waals surface area contributed by atoms with E-state index >= 15 is 0 Å². The molecule has 1 rings (SSSR count). The number of hydrogen-bond donors (Lipinski definition) is 0. The van der Waals surface area contributed by atoms with E-state index in [-0.39, 0.29) is 4.90 Å². The fourth-order valence-corrected chi connectivity index (χ4v) is 2.94. The Labute approximate surface area is 83.3 Å². The van der Waals surface area contributed by atoms with E-state index < -0.39 is 24.3 Å². The predicted octanol–water partition coefficient (Wildman–Crippen LogP) is 1.00. The van der Waals surface area contributed by atoms with Gasteiger partial charge in [0.05, 0.1) is 0 Å². The Kier molecular flexibility index (Phi) is 3.25. The minimum atomic E-state index is -3.44. The van der Waals surface area contributed by atoms with E-state index in [9.17, 15) is 8.42 Å². The van der Waals surface area contributed by atoms with Crippen LogP contribution in [0.3, 0.4) is 0 Å². The van der Waals surface area contributed by atoms with E-state index in [1.807, 2.05) is 6.92 Å². The number of sulfonamides is 1. The van der Waals surface area contributed by atoms with E-state index in [0.29, 0.717) is 0 Å². The molecule has 1 aromatic rings. The molecule has 0 saturated heterocycles. The predicted molar refractivity (Wildman–Crippen MR) is 53.7 cm³/mol. The Morgan fingerprint density at radius 1 is 1.31 bits per heavy atom. The molecular weight excluding hydrogens is 253 g/mol. The summed E-state index contributed by atoms with van der Waals surface area (Å²) in [6, 6.07) is 6.61. The Bertz CT molecular complexity index is 444. The first kappa shape index (κ1) is 10.4. The maximum atomic E-state index is 11.4. The Balaban J connectivity index is 3.24. The Morgan fingerprint density at radius 2 is 1.85 bits per heavy atom. The van der Waals surface area contributed by atoms with Gasteiger partial charge >= 0.3 is 83.2 Å². The van der Waals surface area contributed by atoms with E-state index in [2.05, 4.69) is 8.79 Å². The van der Waals surface area contributed by atoms with Crippen LogP contribution in [-0.2, 0) is 10.0 Å². The van der Waals surface area contributed by atoms with Crippen molar-refractivity contribution >= 4 is 29.8 Å². The molecule has 0 aromatic heterocycles. The molecule has 0 atom stereocenters. The summed E-state index contributed by atoms with van der Waals surface area (Å²) in [6.07, 6.45) is 0. The molecular formula is C8H9NO2SSe. The van der Waals surface area contributed by atoms with Gasteiger partial charge in [-0.3, -0.25) is 0 Å². The molecule has 0 N–H and O–H groups in total. The molecule has 0 heterocycles. The van der Waals surface area contributed by atoms with Crippen molar-refractivity contribution in [2.24, 2.45) is 3.37 Å². The van der Waals surface area contributed by atoms with Crippen LogP contribution >= 0.6 is 0 Å². The second-order valence-corrected chi connectivity index (χ2v) is 5.54. The summed E-state index contributed by atoms with van der Waals surface area (Å²) >= 11 is -0.455. The fraction of sp³-hybridized carbons (Fsp3) is 0.125. The van der Waals surface area contributed by atoms with Crippen LogP contribution < -0.4 is 0 Å². The van der Waals surface area contributed by atoms with Gasteiger partial charge in [0.15, 0.2) is 0 Å². The third-order valence-corrected chi connectivity index (χ3v) is 4.54. The average Bonchev–Trinajstić information content (AvgIpc) is 2.05. The monoisotopic (exact) mass is 263 g/mol. The summed E-state index contributed by atoms with van der Waals surface area (Å²) in [5.74, 6) is 0. The molecule has 0 saturated carbocycles. The van der Waals surface area contributed by atoms with Crippen molar-refractivity contribution < 1.29 is 8.42 Å². The van der Waals surface area contributed by atoms with Gasteiger partial charge in [0.1, 0.15) is 0 Å². The quantitative estimate of drug-likeness (QED) is 0.746. The number of hydrogen-bond acceptors (Lipinski definition) is 2. The fourth-order valence-electron chi connectivity index (χ4n) is 0.823. The van der Waals surface area contributed by atoms with Gasteiger partial charge in [-0.15, -0.1) is 0 Å². The van der Waals surface area contributed by atoms with Crippen LogP contribution in [0, 0.1) is 6.92 Å². The number of benzene rings is 1. The summed E-state index contributed by atoms with van der Waals surface area (Å²) in [4.78, 5) is 0.239. The van der Waals surface area contributed by atoms with Crippen LogP contribution in [0.15, 0.2) is 32.5 Å². The van der Waals surface area contributed by atoms with Gasteiger partial charge in [0.2, 0.25) is 0 Å². The summed E-state index contributed by atoms with van der Waals surface area (Å²) in [5, 5.41) is 0. The molecule has 0 spiro atoms. The molecule has 0 amide bonds. The van der Waals surface area contributed by atoms with E-state index in [1.54, 1.807) is 24.3 Å². The van der Waals surface area contributed by atoms with Gasteiger partial charge in [0.25, 0.3) is 0 Å². The molecule has 0 aliphatic heterocycles. The molecule has 0 fully saturated rings. The number of nitrogens with zero attached hydrogens (tertiary/aromatic N) is 1. The Morgan fingerprint density at radius 3 is 2.31 bits per heavy atom. The number of rotatable bonds is 2. The zero-order chi connectivity index (χ0) is 9.90. The molecule has 5 heteroatoms. The van der Waals surface area contributed by atoms with E-state index in [1.165, 1.54) is 0 Å². The zero-order valence-electron chi connectivity index (χ0n) is 7.10. The van der Waals surface area contributed by atoms with Gasteiger partial charge < -0.3 is 0 Å². The standard InChI is InChI=1S/C8H9NO2SSe/c1-7-3-5-8(6-4-7)12(10,11)9-13-2/h3-6H,2H2,1H3. The second-order valence-electron chi connectivity index (χ2n) is 2.49. The van der Waals surface area contributed by atoms with Crippen molar-refractivity contribution in [1.82, 2.24) is 0 Å². The molecule has 1 aromatic carbocycles. The van der Waals surface area contributed by atoms with Gasteiger partial charge in [-0.2, -0.15) is 0 Å². The van der Waals surface area contributed by atoms with Gasteiger partial charge in [-0.05, 0) is 0 Å². The first-order chi connectivity index (χ1) is 6.06. The van der Waals surface area contributed by atoms with E-state index in [4.69, 9.17) is 0 Å². The van der Waals surface area contributed by atoms with Crippen molar-refractivity contribution in [1.29, 1.82) is 0 Å². The molecule has 3 nitrogen and oxygen atoms in total. The van der Waals surface area contributed by atoms with Crippen LogP contribution in [0.25, 0.3) is 0 Å². The van der Waals surface area contributed by atoms with Crippen molar-refractivity contribution in [3.63, 3.8) is 0 Å². The SMILES string of the molecule is C=[Se]=NS(=O)(=O)c1ccc(C)cc1. The summed E-state index contributed by atoms with van der Waals surface area (Å²) < 4.78 is 26.2. The molecule has 13 heavy (non-hydrogen) atoms. The second kappa shape index (κ2) is 4.05. The summed E-state index contributed by atoms with van der Waals surface area (Å²) in [7, 11) is -3.44. The number of aryl methyl sites for hydroxylation is 1. The van der Waals surface area contributed by atoms with Gasteiger partial charge in [-0.25, -0.2) is 0 Å².